The monoisotopic (exact) mass is 323 g/mol. The van der Waals surface area contributed by atoms with E-state index in [1.165, 1.54) is 0 Å². The van der Waals surface area contributed by atoms with E-state index in [1.54, 1.807) is 18.2 Å². The fourth-order valence-electron chi connectivity index (χ4n) is 2.79. The normalized spacial score (nSPS) is 16.6. The smallest absolute Gasteiger partial charge is 0.162 e. The number of pyridine rings is 1. The lowest BCUT2D eigenvalue weighted by Crippen LogP contribution is -1.81. The largest absolute Gasteiger partial charge is 0.453 e. The number of thiazole rings is 1. The molecule has 23 heavy (non-hydrogen) atoms. The second-order valence-corrected chi connectivity index (χ2v) is 6.07. The minimum absolute atomic E-state index is 0.0320. The predicted octanol–water partition coefficient (Wildman–Crippen LogP) is 5.57. The summed E-state index contributed by atoms with van der Waals surface area (Å²) < 4.78 is 61.3. The molecule has 0 N–H and O–H groups in total. The molecule has 5 aromatic rings. The molecule has 0 spiro atoms. The Morgan fingerprint density at radius 3 is 3.04 bits per heavy atom. The first-order chi connectivity index (χ1) is 14.2. The Kier molecular flexibility index (Phi) is 1.55. The summed E-state index contributed by atoms with van der Waals surface area (Å²) in [4.78, 5) is 8.34. The van der Waals surface area contributed by atoms with Crippen LogP contribution < -0.4 is 0 Å². The van der Waals surface area contributed by atoms with E-state index < -0.39 is 12.9 Å². The van der Waals surface area contributed by atoms with Crippen LogP contribution in [0.2, 0.25) is 0 Å². The highest BCUT2D eigenvalue weighted by atomic mass is 32.1. The van der Waals surface area contributed by atoms with Gasteiger partial charge in [0.05, 0.1) is 20.9 Å². The Hall–Kier alpha value is -2.72. The number of aromatic nitrogens is 2. The zero-order valence-corrected chi connectivity index (χ0v) is 12.4. The summed E-state index contributed by atoms with van der Waals surface area (Å²) in [5.41, 5.74) is 1.80. The number of fused-ring (bicyclic) bond motifs is 5. The summed E-state index contributed by atoms with van der Waals surface area (Å²) in [6, 6.07) is 7.88. The fraction of sp³-hybridized carbons (Fsp3) is 0.0526. The van der Waals surface area contributed by atoms with Gasteiger partial charge in [-0.25, -0.2) is 4.98 Å². The minimum atomic E-state index is -2.32. The van der Waals surface area contributed by atoms with Crippen LogP contribution in [-0.2, 0) is 0 Å². The SMILES string of the molecule is [2H]c1nc(-c2cccc3c2oc2c3ccc3sc(C([2H])([2H])[2H])nc32)c([2H])c([2H])c1[2H]. The average molecular weight is 323 g/mol. The maximum Gasteiger partial charge on any atom is 0.162 e. The molecule has 0 bridgehead atoms. The van der Waals surface area contributed by atoms with Crippen molar-refractivity contribution in [1.29, 1.82) is 0 Å². The van der Waals surface area contributed by atoms with Crippen LogP contribution in [0.3, 0.4) is 0 Å². The van der Waals surface area contributed by atoms with Crippen molar-refractivity contribution in [1.82, 2.24) is 9.97 Å². The molecule has 110 valence electrons. The standard InChI is InChI=1S/C19H12N2OS/c1-11-21-17-16(23-11)9-8-13-12-5-4-6-14(18(12)22-19(13)17)15-7-2-3-10-20-15/h2-10H,1H3/i1D3,2D,3D,7D,10D. The van der Waals surface area contributed by atoms with Crippen molar-refractivity contribution in [2.75, 3.05) is 0 Å². The van der Waals surface area contributed by atoms with Gasteiger partial charge in [-0.15, -0.1) is 11.3 Å². The van der Waals surface area contributed by atoms with Gasteiger partial charge >= 0.3 is 0 Å². The number of nitrogens with zero attached hydrogens (tertiary/aromatic N) is 2. The van der Waals surface area contributed by atoms with Gasteiger partial charge in [-0.05, 0) is 37.1 Å². The summed E-state index contributed by atoms with van der Waals surface area (Å²) in [5.74, 6) is 0. The number of aryl methyl sites for hydroxylation is 1. The summed E-state index contributed by atoms with van der Waals surface area (Å²) in [6.07, 6.45) is -0.386. The molecule has 0 radical (unpaired) electrons. The topological polar surface area (TPSA) is 38.9 Å². The van der Waals surface area contributed by atoms with E-state index >= 15 is 0 Å². The Morgan fingerprint density at radius 1 is 1.13 bits per heavy atom. The molecule has 0 amide bonds. The van der Waals surface area contributed by atoms with Crippen LogP contribution >= 0.6 is 11.3 Å². The van der Waals surface area contributed by atoms with E-state index in [9.17, 15) is 0 Å². The van der Waals surface area contributed by atoms with E-state index in [-0.39, 0.29) is 29.0 Å². The lowest BCUT2D eigenvalue weighted by molar-refractivity contribution is 0.672. The van der Waals surface area contributed by atoms with Crippen LogP contribution in [0.1, 0.15) is 14.6 Å². The molecule has 3 nitrogen and oxygen atoms in total. The van der Waals surface area contributed by atoms with Gasteiger partial charge in [0.25, 0.3) is 0 Å². The third-order valence-electron chi connectivity index (χ3n) is 3.75. The highest BCUT2D eigenvalue weighted by Crippen LogP contribution is 2.38. The summed E-state index contributed by atoms with van der Waals surface area (Å²) in [5, 5.41) is 1.49. The minimum Gasteiger partial charge on any atom is -0.453 e. The highest BCUT2D eigenvalue weighted by Gasteiger charge is 2.16. The molecule has 3 heterocycles. The molecule has 0 saturated carbocycles. The van der Waals surface area contributed by atoms with E-state index in [0.29, 0.717) is 26.9 Å². The Morgan fingerprint density at radius 2 is 2.09 bits per heavy atom. The van der Waals surface area contributed by atoms with Crippen LogP contribution in [0.4, 0.5) is 0 Å². The van der Waals surface area contributed by atoms with Crippen LogP contribution in [0, 0.1) is 6.85 Å². The molecule has 4 heteroatoms. The highest BCUT2D eigenvalue weighted by molar-refractivity contribution is 7.18. The number of para-hydroxylation sites is 1. The van der Waals surface area contributed by atoms with Gasteiger partial charge in [-0.2, -0.15) is 0 Å². The molecule has 0 aliphatic carbocycles. The van der Waals surface area contributed by atoms with Gasteiger partial charge < -0.3 is 4.42 Å². The summed E-state index contributed by atoms with van der Waals surface area (Å²) in [6.45, 7) is -2.32. The van der Waals surface area contributed by atoms with Crippen molar-refractivity contribution >= 4 is 43.5 Å². The maximum absolute atomic E-state index is 8.22. The lowest BCUT2D eigenvalue weighted by Gasteiger charge is -2.00. The van der Waals surface area contributed by atoms with Gasteiger partial charge in [-0.3, -0.25) is 4.98 Å². The molecule has 0 aliphatic rings. The first kappa shape index (κ1) is 7.70. The molecular formula is C19H12N2OS. The van der Waals surface area contributed by atoms with Crippen molar-refractivity contribution in [3.05, 3.63) is 59.6 Å². The Labute approximate surface area is 146 Å². The van der Waals surface area contributed by atoms with Gasteiger partial charge in [0.15, 0.2) is 5.58 Å². The zero-order valence-electron chi connectivity index (χ0n) is 18.6. The fourth-order valence-corrected chi connectivity index (χ4v) is 3.51. The van der Waals surface area contributed by atoms with E-state index in [0.717, 1.165) is 22.1 Å². The van der Waals surface area contributed by atoms with Crippen LogP contribution in [-0.4, -0.2) is 9.97 Å². The van der Waals surface area contributed by atoms with Crippen LogP contribution in [0.25, 0.3) is 43.4 Å². The quantitative estimate of drug-likeness (QED) is 0.405. The molecular weight excluding hydrogens is 304 g/mol. The molecule has 0 saturated heterocycles. The van der Waals surface area contributed by atoms with Crippen molar-refractivity contribution in [3.63, 3.8) is 0 Å². The van der Waals surface area contributed by atoms with Crippen LogP contribution in [0.15, 0.2) is 59.0 Å². The maximum atomic E-state index is 8.22. The third-order valence-corrected chi connectivity index (χ3v) is 4.58. The second-order valence-electron chi connectivity index (χ2n) is 5.04. The molecule has 0 aliphatic heterocycles. The van der Waals surface area contributed by atoms with Gasteiger partial charge in [0, 0.05) is 26.6 Å². The molecule has 5 rings (SSSR count). The number of furan rings is 1. The number of benzene rings is 2. The third kappa shape index (κ3) is 1.82. The number of hydrogen-bond acceptors (Lipinski definition) is 4. The van der Waals surface area contributed by atoms with Crippen molar-refractivity contribution in [2.24, 2.45) is 0 Å². The van der Waals surface area contributed by atoms with Gasteiger partial charge in [0.2, 0.25) is 0 Å². The van der Waals surface area contributed by atoms with Gasteiger partial charge in [-0.1, -0.05) is 18.2 Å². The number of hydrogen-bond donors (Lipinski definition) is 0. The molecule has 2 aromatic carbocycles. The summed E-state index contributed by atoms with van der Waals surface area (Å²) >= 11 is 1.09. The Bertz CT molecular complexity index is 1490. The first-order valence-corrected chi connectivity index (χ1v) is 7.68. The second kappa shape index (κ2) is 4.64. The average Bonchev–Trinajstić information content (AvgIpc) is 3.30. The van der Waals surface area contributed by atoms with Gasteiger partial charge in [0.1, 0.15) is 11.1 Å². The first-order valence-electron chi connectivity index (χ1n) is 10.4. The number of rotatable bonds is 1. The molecule has 0 unspecified atom stereocenters. The van der Waals surface area contributed by atoms with Crippen molar-refractivity contribution in [3.8, 4) is 11.3 Å². The summed E-state index contributed by atoms with van der Waals surface area (Å²) in [7, 11) is 0. The molecule has 0 fully saturated rings. The van der Waals surface area contributed by atoms with Crippen molar-refractivity contribution < 1.29 is 14.0 Å². The predicted molar refractivity (Wildman–Crippen MR) is 94.9 cm³/mol. The van der Waals surface area contributed by atoms with Crippen molar-refractivity contribution in [2.45, 2.75) is 6.85 Å². The van der Waals surface area contributed by atoms with E-state index in [2.05, 4.69) is 9.97 Å². The van der Waals surface area contributed by atoms with E-state index in [1.807, 2.05) is 12.1 Å². The Balaban J connectivity index is 1.86. The molecule has 3 aromatic heterocycles. The lowest BCUT2D eigenvalue weighted by atomic mass is 10.1. The molecule has 0 atom stereocenters. The van der Waals surface area contributed by atoms with Crippen LogP contribution in [0.5, 0.6) is 0 Å². The zero-order chi connectivity index (χ0) is 21.4. The van der Waals surface area contributed by atoms with E-state index in [4.69, 9.17) is 14.0 Å².